The van der Waals surface area contributed by atoms with Crippen LogP contribution in [0.1, 0.15) is 18.9 Å². The van der Waals surface area contributed by atoms with Gasteiger partial charge in [-0.25, -0.2) is 8.78 Å². The Bertz CT molecular complexity index is 460. The molecule has 3 nitrogen and oxygen atoms in total. The molecule has 1 aromatic carbocycles. The van der Waals surface area contributed by atoms with Gasteiger partial charge in [0.2, 0.25) is 0 Å². The fourth-order valence-corrected chi connectivity index (χ4v) is 1.75. The first-order chi connectivity index (χ1) is 8.60. The molecule has 2 N–H and O–H groups in total. The number of aliphatic imine (C=N–C) groups is 1. The number of halogens is 2. The lowest BCUT2D eigenvalue weighted by Crippen LogP contribution is -2.38. The second kappa shape index (κ2) is 5.33. The van der Waals surface area contributed by atoms with Crippen LogP contribution in [-0.4, -0.2) is 19.0 Å². The predicted octanol–water partition coefficient (Wildman–Crippen LogP) is 2.04. The van der Waals surface area contributed by atoms with Crippen LogP contribution in [0.2, 0.25) is 0 Å². The number of guanidine groups is 1. The number of benzene rings is 1. The van der Waals surface area contributed by atoms with Crippen molar-refractivity contribution in [2.24, 2.45) is 10.9 Å². The van der Waals surface area contributed by atoms with Crippen molar-refractivity contribution in [2.45, 2.75) is 25.9 Å². The van der Waals surface area contributed by atoms with Crippen molar-refractivity contribution in [3.05, 3.63) is 35.4 Å². The van der Waals surface area contributed by atoms with E-state index in [1.165, 1.54) is 6.07 Å². The minimum atomic E-state index is -0.438. The summed E-state index contributed by atoms with van der Waals surface area (Å²) in [5.41, 5.74) is 0.293. The van der Waals surface area contributed by atoms with Crippen LogP contribution in [0.3, 0.4) is 0 Å². The van der Waals surface area contributed by atoms with Gasteiger partial charge in [0.25, 0.3) is 0 Å². The predicted molar refractivity (Wildman–Crippen MR) is 67.3 cm³/mol. The Morgan fingerprint density at radius 3 is 2.78 bits per heavy atom. The maximum absolute atomic E-state index is 13.4. The Labute approximate surface area is 105 Å². The second-order valence-electron chi connectivity index (χ2n) is 4.63. The van der Waals surface area contributed by atoms with Gasteiger partial charge in [-0.3, -0.25) is 4.99 Å². The second-order valence-corrected chi connectivity index (χ2v) is 4.63. The van der Waals surface area contributed by atoms with Gasteiger partial charge < -0.3 is 10.6 Å². The summed E-state index contributed by atoms with van der Waals surface area (Å²) in [5.74, 6) is 0.411. The summed E-state index contributed by atoms with van der Waals surface area (Å²) in [6.45, 7) is 2.36. The Kier molecular flexibility index (Phi) is 3.79. The number of hydrogen-bond acceptors (Lipinski definition) is 1. The zero-order valence-corrected chi connectivity index (χ0v) is 10.5. The van der Waals surface area contributed by atoms with Crippen LogP contribution in [0, 0.1) is 17.6 Å². The zero-order chi connectivity index (χ0) is 13.1. The zero-order valence-electron chi connectivity index (χ0n) is 10.5. The minimum Gasteiger partial charge on any atom is -0.353 e. The standard InChI is InChI=1S/C13H17F2N3/c1-8-5-12(8)18-13(16-2)17-7-9-6-10(14)3-4-11(9)15/h3-4,6,8,12H,5,7H2,1-2H3,(H2,16,17,18). The normalized spacial score (nSPS) is 22.8. The van der Waals surface area contributed by atoms with Crippen LogP contribution < -0.4 is 10.6 Å². The SMILES string of the molecule is CN=C(NCc1cc(F)ccc1F)NC1CC1C. The van der Waals surface area contributed by atoms with Crippen LogP contribution in [0.4, 0.5) is 8.78 Å². The van der Waals surface area contributed by atoms with Gasteiger partial charge in [-0.05, 0) is 30.5 Å². The highest BCUT2D eigenvalue weighted by molar-refractivity contribution is 5.80. The maximum atomic E-state index is 13.4. The number of nitrogens with zero attached hydrogens (tertiary/aromatic N) is 1. The van der Waals surface area contributed by atoms with E-state index in [-0.39, 0.29) is 6.54 Å². The van der Waals surface area contributed by atoms with E-state index in [0.717, 1.165) is 18.6 Å². The van der Waals surface area contributed by atoms with Gasteiger partial charge in [-0.2, -0.15) is 0 Å². The summed E-state index contributed by atoms with van der Waals surface area (Å²) < 4.78 is 26.4. The molecular weight excluding hydrogens is 236 g/mol. The molecule has 0 aliphatic heterocycles. The molecule has 2 rings (SSSR count). The van der Waals surface area contributed by atoms with Crippen molar-refractivity contribution in [3.8, 4) is 0 Å². The minimum absolute atomic E-state index is 0.213. The van der Waals surface area contributed by atoms with Gasteiger partial charge in [-0.15, -0.1) is 0 Å². The fraction of sp³-hybridized carbons (Fsp3) is 0.462. The molecule has 18 heavy (non-hydrogen) atoms. The molecule has 0 aromatic heterocycles. The number of rotatable bonds is 3. The average Bonchev–Trinajstić information content (AvgIpc) is 3.04. The molecule has 5 heteroatoms. The van der Waals surface area contributed by atoms with Crippen molar-refractivity contribution in [1.29, 1.82) is 0 Å². The number of hydrogen-bond donors (Lipinski definition) is 2. The lowest BCUT2D eigenvalue weighted by molar-refractivity contribution is 0.581. The van der Waals surface area contributed by atoms with Crippen LogP contribution in [0.25, 0.3) is 0 Å². The Hall–Kier alpha value is -1.65. The molecule has 0 saturated heterocycles. The molecule has 1 saturated carbocycles. The molecule has 1 aliphatic rings. The average molecular weight is 253 g/mol. The summed E-state index contributed by atoms with van der Waals surface area (Å²) in [6.07, 6.45) is 1.12. The van der Waals surface area contributed by atoms with Crippen molar-refractivity contribution in [3.63, 3.8) is 0 Å². The fourth-order valence-electron chi connectivity index (χ4n) is 1.75. The lowest BCUT2D eigenvalue weighted by Gasteiger charge is -2.12. The molecule has 1 fully saturated rings. The largest absolute Gasteiger partial charge is 0.353 e. The van der Waals surface area contributed by atoms with E-state index in [0.29, 0.717) is 23.5 Å². The maximum Gasteiger partial charge on any atom is 0.191 e. The van der Waals surface area contributed by atoms with Gasteiger partial charge in [0.1, 0.15) is 11.6 Å². The van der Waals surface area contributed by atoms with Crippen LogP contribution in [0.15, 0.2) is 23.2 Å². The molecule has 0 amide bonds. The molecule has 2 atom stereocenters. The van der Waals surface area contributed by atoms with Gasteiger partial charge in [0.15, 0.2) is 5.96 Å². The molecule has 0 bridgehead atoms. The first-order valence-corrected chi connectivity index (χ1v) is 6.01. The van der Waals surface area contributed by atoms with E-state index in [2.05, 4.69) is 22.5 Å². The molecule has 0 heterocycles. The van der Waals surface area contributed by atoms with Crippen molar-refractivity contribution in [1.82, 2.24) is 10.6 Å². The van der Waals surface area contributed by atoms with E-state index >= 15 is 0 Å². The Balaban J connectivity index is 1.91. The monoisotopic (exact) mass is 253 g/mol. The summed E-state index contributed by atoms with van der Waals surface area (Å²) in [7, 11) is 1.66. The van der Waals surface area contributed by atoms with E-state index in [1.807, 2.05) is 0 Å². The van der Waals surface area contributed by atoms with Crippen LogP contribution in [0.5, 0.6) is 0 Å². The Morgan fingerprint density at radius 1 is 1.44 bits per heavy atom. The highest BCUT2D eigenvalue weighted by Crippen LogP contribution is 2.28. The topological polar surface area (TPSA) is 36.4 Å². The van der Waals surface area contributed by atoms with Gasteiger partial charge in [0, 0.05) is 25.2 Å². The first kappa shape index (κ1) is 12.8. The van der Waals surface area contributed by atoms with Crippen molar-refractivity contribution in [2.75, 3.05) is 7.05 Å². The lowest BCUT2D eigenvalue weighted by atomic mass is 10.2. The summed E-state index contributed by atoms with van der Waals surface area (Å²) >= 11 is 0. The third kappa shape index (κ3) is 3.18. The third-order valence-corrected chi connectivity index (χ3v) is 3.11. The van der Waals surface area contributed by atoms with Crippen LogP contribution in [-0.2, 0) is 6.54 Å². The molecule has 0 spiro atoms. The Morgan fingerprint density at radius 2 is 2.17 bits per heavy atom. The van der Waals surface area contributed by atoms with Gasteiger partial charge >= 0.3 is 0 Å². The van der Waals surface area contributed by atoms with Gasteiger partial charge in [0.05, 0.1) is 0 Å². The molecule has 98 valence electrons. The molecule has 0 radical (unpaired) electrons. The van der Waals surface area contributed by atoms with E-state index in [1.54, 1.807) is 7.05 Å². The van der Waals surface area contributed by atoms with Crippen LogP contribution >= 0.6 is 0 Å². The van der Waals surface area contributed by atoms with Gasteiger partial charge in [-0.1, -0.05) is 6.92 Å². The molecular formula is C13H17F2N3. The van der Waals surface area contributed by atoms with Crippen molar-refractivity contribution >= 4 is 5.96 Å². The van der Waals surface area contributed by atoms with E-state index in [4.69, 9.17) is 0 Å². The van der Waals surface area contributed by atoms with E-state index < -0.39 is 11.6 Å². The summed E-state index contributed by atoms with van der Waals surface area (Å²) in [5, 5.41) is 6.20. The number of nitrogens with one attached hydrogen (secondary N) is 2. The smallest absolute Gasteiger partial charge is 0.191 e. The highest BCUT2D eigenvalue weighted by atomic mass is 19.1. The molecule has 1 aromatic rings. The third-order valence-electron chi connectivity index (χ3n) is 3.11. The summed E-state index contributed by atoms with van der Waals surface area (Å²) in [6, 6.07) is 3.87. The van der Waals surface area contributed by atoms with Crippen molar-refractivity contribution < 1.29 is 8.78 Å². The first-order valence-electron chi connectivity index (χ1n) is 6.01. The van der Waals surface area contributed by atoms with E-state index in [9.17, 15) is 8.78 Å². The molecule has 2 unspecified atom stereocenters. The summed E-state index contributed by atoms with van der Waals surface area (Å²) in [4.78, 5) is 4.05. The highest BCUT2D eigenvalue weighted by Gasteiger charge is 2.33. The molecule has 1 aliphatic carbocycles. The quantitative estimate of drug-likeness (QED) is 0.639.